The lowest BCUT2D eigenvalue weighted by Crippen LogP contribution is -2.40. The number of aliphatic hydroxyl groups is 1. The lowest BCUT2D eigenvalue weighted by molar-refractivity contribution is -0.155. The van der Waals surface area contributed by atoms with Crippen LogP contribution in [0.15, 0.2) is 43.7 Å². The molecule has 4 rings (SSSR count). The zero-order valence-corrected chi connectivity index (χ0v) is 25.1. The fraction of sp³-hybridized carbons (Fsp3) is 0.583. The second kappa shape index (κ2) is 14.8. The first-order valence-electron chi connectivity index (χ1n) is 12.5. The van der Waals surface area contributed by atoms with Crippen molar-refractivity contribution in [3.8, 4) is 0 Å². The van der Waals surface area contributed by atoms with Gasteiger partial charge in [0.15, 0.2) is 24.7 Å². The number of esters is 2. The standard InChI is InChI=1S/C12H15IN2O6.C12H16N2O7/c1-6(16)20-9-7(5-13)21-11(10(9)19-2)15-4-3-8(17)14-12(15)18;1-6(16)20-9-7(5-15)21-11(10(9)19-2)14-4-3-8(17)13-12(14)18/h3-4,7,9-11H,5H2,1-2H3,(H,14,17,18);3-4,7,9-11,15H,5H2,1-2H3,(H,13,17,18)/t2*7-,9+,10?,11-/m11/s1. The number of rotatable bonds is 8. The van der Waals surface area contributed by atoms with Gasteiger partial charge >= 0.3 is 23.3 Å². The minimum absolute atomic E-state index is 0.400. The van der Waals surface area contributed by atoms with Crippen molar-refractivity contribution in [1.82, 2.24) is 19.1 Å². The van der Waals surface area contributed by atoms with E-state index in [1.165, 1.54) is 51.1 Å². The van der Waals surface area contributed by atoms with Crippen LogP contribution in [0.5, 0.6) is 0 Å². The highest BCUT2D eigenvalue weighted by Crippen LogP contribution is 2.34. The van der Waals surface area contributed by atoms with E-state index in [0.29, 0.717) is 4.43 Å². The summed E-state index contributed by atoms with van der Waals surface area (Å²) in [7, 11) is 2.82. The van der Waals surface area contributed by atoms with Crippen LogP contribution >= 0.6 is 22.6 Å². The van der Waals surface area contributed by atoms with Gasteiger partial charge in [-0.25, -0.2) is 9.59 Å². The molecule has 2 saturated heterocycles. The van der Waals surface area contributed by atoms with E-state index >= 15 is 0 Å². The van der Waals surface area contributed by atoms with Gasteiger partial charge in [0.25, 0.3) is 11.1 Å². The van der Waals surface area contributed by atoms with Crippen molar-refractivity contribution >= 4 is 34.5 Å². The lowest BCUT2D eigenvalue weighted by Gasteiger charge is -2.22. The Balaban J connectivity index is 0.000000230. The molecule has 17 nitrogen and oxygen atoms in total. The summed E-state index contributed by atoms with van der Waals surface area (Å²) in [4.78, 5) is 72.5. The molecular formula is C24H31IN4O13. The van der Waals surface area contributed by atoms with E-state index in [-0.39, 0.29) is 0 Å². The summed E-state index contributed by atoms with van der Waals surface area (Å²) in [6.45, 7) is 2.11. The van der Waals surface area contributed by atoms with Crippen LogP contribution in [0.3, 0.4) is 0 Å². The van der Waals surface area contributed by atoms with E-state index < -0.39 is 90.1 Å². The zero-order valence-electron chi connectivity index (χ0n) is 23.0. The van der Waals surface area contributed by atoms with Gasteiger partial charge in [-0.3, -0.25) is 38.3 Å². The number of aliphatic hydroxyl groups excluding tert-OH is 1. The van der Waals surface area contributed by atoms with Gasteiger partial charge in [-0.15, -0.1) is 0 Å². The van der Waals surface area contributed by atoms with Crippen LogP contribution in [0.2, 0.25) is 0 Å². The molecular weight excluding hydrogens is 679 g/mol. The summed E-state index contributed by atoms with van der Waals surface area (Å²) in [5.41, 5.74) is -2.33. The van der Waals surface area contributed by atoms with Crippen LogP contribution in [-0.2, 0) is 38.0 Å². The van der Waals surface area contributed by atoms with Crippen LogP contribution in [0.4, 0.5) is 0 Å². The van der Waals surface area contributed by atoms with Crippen molar-refractivity contribution in [2.45, 2.75) is 62.9 Å². The Morgan fingerprint density at radius 3 is 1.55 bits per heavy atom. The first kappa shape index (κ1) is 33.3. The van der Waals surface area contributed by atoms with Crippen LogP contribution < -0.4 is 22.5 Å². The first-order chi connectivity index (χ1) is 19.9. The lowest BCUT2D eigenvalue weighted by atomic mass is 10.1. The van der Waals surface area contributed by atoms with Gasteiger partial charge < -0.3 is 33.5 Å². The number of nitrogens with zero attached hydrogens (tertiary/aromatic N) is 2. The summed E-state index contributed by atoms with van der Waals surface area (Å²) in [6.07, 6.45) is -3.27. The van der Waals surface area contributed by atoms with Crippen molar-refractivity contribution in [2.24, 2.45) is 0 Å². The molecule has 3 N–H and O–H groups in total. The number of hydrogen-bond donors (Lipinski definition) is 3. The number of ether oxygens (including phenoxy) is 6. The number of methoxy groups -OCH3 is 2. The Kier molecular flexibility index (Phi) is 11.8. The van der Waals surface area contributed by atoms with Gasteiger partial charge in [-0.2, -0.15) is 0 Å². The second-order valence-corrected chi connectivity index (χ2v) is 9.93. The molecule has 2 aromatic heterocycles. The average Bonchev–Trinajstić information content (AvgIpc) is 3.45. The molecule has 2 aliphatic rings. The number of carbonyl (C=O) groups excluding carboxylic acids is 2. The maximum Gasteiger partial charge on any atom is 0.330 e. The number of halogens is 1. The highest BCUT2D eigenvalue weighted by atomic mass is 127. The molecule has 0 spiro atoms. The topological polar surface area (TPSA) is 219 Å². The third-order valence-corrected chi connectivity index (χ3v) is 7.17. The van der Waals surface area contributed by atoms with Crippen LogP contribution in [0.25, 0.3) is 0 Å². The highest BCUT2D eigenvalue weighted by molar-refractivity contribution is 14.1. The monoisotopic (exact) mass is 710 g/mol. The van der Waals surface area contributed by atoms with Gasteiger partial charge in [0, 0.05) is 57.0 Å². The molecule has 0 aliphatic carbocycles. The van der Waals surface area contributed by atoms with E-state index in [1.54, 1.807) is 0 Å². The molecule has 42 heavy (non-hydrogen) atoms. The Hall–Kier alpha value is -3.17. The van der Waals surface area contributed by atoms with Crippen LogP contribution in [0.1, 0.15) is 26.3 Å². The van der Waals surface area contributed by atoms with E-state index in [0.717, 1.165) is 10.6 Å². The van der Waals surface area contributed by atoms with E-state index in [2.05, 4.69) is 32.6 Å². The first-order valence-corrected chi connectivity index (χ1v) is 14.0. The Morgan fingerprint density at radius 2 is 1.21 bits per heavy atom. The molecule has 2 aliphatic heterocycles. The normalized spacial score (nSPS) is 28.5. The molecule has 2 fully saturated rings. The molecule has 2 aromatic rings. The Bertz CT molecular complexity index is 1360. The summed E-state index contributed by atoms with van der Waals surface area (Å²) in [6, 6.07) is 2.38. The highest BCUT2D eigenvalue weighted by Gasteiger charge is 2.49. The molecule has 18 heteroatoms. The van der Waals surface area contributed by atoms with Crippen molar-refractivity contribution < 1.29 is 43.1 Å². The minimum atomic E-state index is -0.930. The Labute approximate surface area is 250 Å². The third-order valence-electron chi connectivity index (χ3n) is 6.30. The van der Waals surface area contributed by atoms with Gasteiger partial charge in [-0.05, 0) is 0 Å². The quantitative estimate of drug-likeness (QED) is 0.157. The number of H-pyrrole nitrogens is 2. The van der Waals surface area contributed by atoms with E-state index in [1.807, 2.05) is 0 Å². The molecule has 4 heterocycles. The van der Waals surface area contributed by atoms with Crippen molar-refractivity contribution in [1.29, 1.82) is 0 Å². The van der Waals surface area contributed by atoms with Gasteiger partial charge in [0.05, 0.1) is 6.61 Å². The minimum Gasteiger partial charge on any atom is -0.457 e. The van der Waals surface area contributed by atoms with E-state index in [4.69, 9.17) is 28.4 Å². The predicted molar refractivity (Wildman–Crippen MR) is 149 cm³/mol. The SMILES string of the molecule is COC1[C@@H](OC(C)=O)[C@@H](CI)O[C@H]1n1ccc(=O)[nH]c1=O.COC1[C@@H](OC(C)=O)[C@@H](CO)O[C@H]1n1ccc(=O)[nH]c1=O. The predicted octanol–water partition coefficient (Wildman–Crippen LogP) is -1.81. The maximum atomic E-state index is 11.9. The number of alkyl halides is 1. The molecule has 0 amide bonds. The summed E-state index contributed by atoms with van der Waals surface area (Å²) in [5.74, 6) is -1.01. The molecule has 0 saturated carbocycles. The van der Waals surface area contributed by atoms with Crippen molar-refractivity contribution in [3.63, 3.8) is 0 Å². The molecule has 0 radical (unpaired) electrons. The molecule has 0 bridgehead atoms. The van der Waals surface area contributed by atoms with Gasteiger partial charge in [-0.1, -0.05) is 22.6 Å². The number of hydrogen-bond acceptors (Lipinski definition) is 13. The number of aromatic nitrogens is 4. The zero-order chi connectivity index (χ0) is 31.1. The summed E-state index contributed by atoms with van der Waals surface area (Å²) in [5, 5.41) is 9.32. The molecule has 0 aromatic carbocycles. The number of nitrogens with one attached hydrogen (secondary N) is 2. The summed E-state index contributed by atoms with van der Waals surface area (Å²) < 4.78 is 35.1. The smallest absolute Gasteiger partial charge is 0.330 e. The van der Waals surface area contributed by atoms with Crippen LogP contribution in [0, 0.1) is 0 Å². The Morgan fingerprint density at radius 1 is 0.810 bits per heavy atom. The van der Waals surface area contributed by atoms with Crippen molar-refractivity contribution in [2.75, 3.05) is 25.3 Å². The fourth-order valence-electron chi connectivity index (χ4n) is 4.56. The summed E-state index contributed by atoms with van der Waals surface area (Å²) >= 11 is 2.10. The molecule has 8 atom stereocenters. The van der Waals surface area contributed by atoms with Crippen molar-refractivity contribution in [3.05, 3.63) is 66.2 Å². The third kappa shape index (κ3) is 7.61. The average molecular weight is 710 g/mol. The molecule has 2 unspecified atom stereocenters. The number of carbonyl (C=O) groups is 2. The van der Waals surface area contributed by atoms with Crippen LogP contribution in [-0.4, -0.2) is 98.0 Å². The van der Waals surface area contributed by atoms with Gasteiger partial charge in [0.1, 0.15) is 24.4 Å². The molecule has 232 valence electrons. The fourth-order valence-corrected chi connectivity index (χ4v) is 5.27. The second-order valence-electron chi connectivity index (χ2n) is 9.05. The number of aromatic amines is 2. The largest absolute Gasteiger partial charge is 0.457 e. The van der Waals surface area contributed by atoms with Gasteiger partial charge in [0.2, 0.25) is 0 Å². The van der Waals surface area contributed by atoms with E-state index in [9.17, 15) is 33.9 Å². The maximum absolute atomic E-state index is 11.9.